The third kappa shape index (κ3) is 3.26. The molecule has 1 aromatic heterocycles. The molecule has 1 aromatic carbocycles. The van der Waals surface area contributed by atoms with E-state index < -0.39 is 10.7 Å². The zero-order chi connectivity index (χ0) is 15.6. The van der Waals surface area contributed by atoms with E-state index in [0.29, 0.717) is 15.7 Å². The lowest BCUT2D eigenvalue weighted by molar-refractivity contribution is -0.384. The van der Waals surface area contributed by atoms with Gasteiger partial charge in [-0.2, -0.15) is 0 Å². The number of hydrazine groups is 1. The summed E-state index contributed by atoms with van der Waals surface area (Å²) in [5.74, 6) is 4.97. The third-order valence-electron chi connectivity index (χ3n) is 2.74. The van der Waals surface area contributed by atoms with Crippen LogP contribution in [0.1, 0.15) is 5.56 Å². The van der Waals surface area contributed by atoms with Crippen LogP contribution < -0.4 is 16.6 Å². The van der Waals surface area contributed by atoms with E-state index >= 15 is 0 Å². The second kappa shape index (κ2) is 6.02. The number of pyridine rings is 1. The van der Waals surface area contributed by atoms with Crippen LogP contribution in [0.25, 0.3) is 0 Å². The smallest absolute Gasteiger partial charge is 0.311 e. The van der Waals surface area contributed by atoms with Gasteiger partial charge < -0.3 is 10.7 Å². The van der Waals surface area contributed by atoms with Gasteiger partial charge in [0.25, 0.3) is 0 Å². The number of nitrogens with zero attached hydrogens (tertiary/aromatic N) is 2. The van der Waals surface area contributed by atoms with Crippen molar-refractivity contribution in [2.75, 3.05) is 10.7 Å². The zero-order valence-electron chi connectivity index (χ0n) is 10.9. The van der Waals surface area contributed by atoms with Crippen LogP contribution in [0.4, 0.5) is 27.4 Å². The normalized spacial score (nSPS) is 10.3. The number of rotatable bonds is 4. The monoisotopic (exact) mass is 355 g/mol. The molecule has 0 saturated heterocycles. The topological polar surface area (TPSA) is 106 Å². The predicted molar refractivity (Wildman–Crippen MR) is 80.8 cm³/mol. The molecule has 0 aliphatic heterocycles. The average molecular weight is 356 g/mol. The molecule has 0 unspecified atom stereocenters. The van der Waals surface area contributed by atoms with Crippen molar-refractivity contribution in [3.8, 4) is 0 Å². The van der Waals surface area contributed by atoms with Gasteiger partial charge in [-0.05, 0) is 46.6 Å². The van der Waals surface area contributed by atoms with Crippen molar-refractivity contribution in [2.45, 2.75) is 6.92 Å². The molecule has 9 heteroatoms. The second-order valence-electron chi connectivity index (χ2n) is 4.17. The van der Waals surface area contributed by atoms with Gasteiger partial charge in [-0.15, -0.1) is 0 Å². The van der Waals surface area contributed by atoms with E-state index in [4.69, 9.17) is 5.84 Å². The molecule has 0 bridgehead atoms. The van der Waals surface area contributed by atoms with Gasteiger partial charge in [-0.1, -0.05) is 0 Å². The highest BCUT2D eigenvalue weighted by Crippen LogP contribution is 2.30. The Balaban J connectivity index is 2.47. The van der Waals surface area contributed by atoms with Crippen molar-refractivity contribution in [3.05, 3.63) is 50.2 Å². The number of anilines is 3. The Morgan fingerprint density at radius 1 is 1.43 bits per heavy atom. The highest BCUT2D eigenvalue weighted by Gasteiger charge is 2.17. The number of nitrogens with one attached hydrogen (secondary N) is 2. The summed E-state index contributed by atoms with van der Waals surface area (Å²) in [4.78, 5) is 14.4. The molecule has 2 rings (SSSR count). The van der Waals surface area contributed by atoms with E-state index in [2.05, 4.69) is 31.7 Å². The molecule has 0 aliphatic rings. The minimum atomic E-state index is -0.583. The van der Waals surface area contributed by atoms with Gasteiger partial charge in [0.15, 0.2) is 0 Å². The highest BCUT2D eigenvalue weighted by atomic mass is 79.9. The van der Waals surface area contributed by atoms with Crippen LogP contribution in [0.5, 0.6) is 0 Å². The van der Waals surface area contributed by atoms with Gasteiger partial charge in [0.05, 0.1) is 9.40 Å². The number of hydrogen-bond donors (Lipinski definition) is 3. The molecule has 7 nitrogen and oxygen atoms in total. The minimum Gasteiger partial charge on any atom is -0.334 e. The van der Waals surface area contributed by atoms with E-state index in [1.165, 1.54) is 18.2 Å². The number of nitro groups is 1. The van der Waals surface area contributed by atoms with E-state index in [1.807, 2.05) is 0 Å². The maximum Gasteiger partial charge on any atom is 0.311 e. The van der Waals surface area contributed by atoms with Crippen LogP contribution in [0, 0.1) is 22.9 Å². The first-order valence-electron chi connectivity index (χ1n) is 5.77. The summed E-state index contributed by atoms with van der Waals surface area (Å²) in [6, 6.07) is 5.43. The van der Waals surface area contributed by atoms with Gasteiger partial charge in [0, 0.05) is 11.8 Å². The van der Waals surface area contributed by atoms with Crippen LogP contribution in [0.3, 0.4) is 0 Å². The van der Waals surface area contributed by atoms with Crippen LogP contribution in [-0.4, -0.2) is 9.91 Å². The molecule has 1 heterocycles. The summed E-state index contributed by atoms with van der Waals surface area (Å²) in [6.45, 7) is 1.74. The van der Waals surface area contributed by atoms with Crippen molar-refractivity contribution in [1.82, 2.24) is 4.98 Å². The Morgan fingerprint density at radius 2 is 2.14 bits per heavy atom. The summed E-state index contributed by atoms with van der Waals surface area (Å²) in [6.07, 6.45) is 0. The number of hydrogen-bond acceptors (Lipinski definition) is 6. The summed E-state index contributed by atoms with van der Waals surface area (Å²) in [5, 5.41) is 13.8. The van der Waals surface area contributed by atoms with Gasteiger partial charge in [0.2, 0.25) is 5.82 Å². The SMILES string of the molecule is Cc1cc(Br)c(F)cc1Nc1nc(NN)ccc1[N+](=O)[O-]. The fourth-order valence-electron chi connectivity index (χ4n) is 1.68. The Kier molecular flexibility index (Phi) is 4.34. The molecule has 2 aromatic rings. The Morgan fingerprint density at radius 3 is 2.76 bits per heavy atom. The molecule has 21 heavy (non-hydrogen) atoms. The molecule has 0 amide bonds. The van der Waals surface area contributed by atoms with Gasteiger partial charge in [0.1, 0.15) is 11.6 Å². The largest absolute Gasteiger partial charge is 0.334 e. The van der Waals surface area contributed by atoms with Crippen molar-refractivity contribution < 1.29 is 9.31 Å². The lowest BCUT2D eigenvalue weighted by atomic mass is 10.2. The van der Waals surface area contributed by atoms with Crippen LogP contribution in [-0.2, 0) is 0 Å². The molecule has 0 radical (unpaired) electrons. The van der Waals surface area contributed by atoms with Crippen LogP contribution in [0.2, 0.25) is 0 Å². The minimum absolute atomic E-state index is 0.0275. The molecule has 0 spiro atoms. The molecule has 0 saturated carbocycles. The number of aromatic nitrogens is 1. The molecular weight excluding hydrogens is 345 g/mol. The highest BCUT2D eigenvalue weighted by molar-refractivity contribution is 9.10. The predicted octanol–water partition coefficient (Wildman–Crippen LogP) is 3.23. The van der Waals surface area contributed by atoms with E-state index in [1.54, 1.807) is 13.0 Å². The van der Waals surface area contributed by atoms with Crippen molar-refractivity contribution in [3.63, 3.8) is 0 Å². The summed E-state index contributed by atoms with van der Waals surface area (Å²) in [7, 11) is 0. The fraction of sp³-hybridized carbons (Fsp3) is 0.0833. The molecule has 0 aliphatic carbocycles. The van der Waals surface area contributed by atoms with Crippen molar-refractivity contribution in [2.24, 2.45) is 5.84 Å². The maximum absolute atomic E-state index is 13.6. The third-order valence-corrected chi connectivity index (χ3v) is 3.35. The Hall–Kier alpha value is -2.26. The number of halogens is 2. The number of nitrogen functional groups attached to an aromatic ring is 1. The van der Waals surface area contributed by atoms with Crippen molar-refractivity contribution >= 4 is 38.9 Å². The van der Waals surface area contributed by atoms with Crippen molar-refractivity contribution in [1.29, 1.82) is 0 Å². The maximum atomic E-state index is 13.6. The molecule has 0 fully saturated rings. The summed E-state index contributed by atoms with van der Waals surface area (Å²) >= 11 is 3.07. The quantitative estimate of drug-likeness (QED) is 0.441. The summed E-state index contributed by atoms with van der Waals surface area (Å²) < 4.78 is 13.9. The Labute approximate surface area is 127 Å². The average Bonchev–Trinajstić information content (AvgIpc) is 2.44. The standard InChI is InChI=1S/C12H11BrFN5O2/c1-6-4-7(13)8(14)5-9(6)16-12-10(19(20)21)2-3-11(17-12)18-15/h2-5H,15H2,1H3,(H2,16,17,18). The van der Waals surface area contributed by atoms with E-state index in [0.717, 1.165) is 0 Å². The lowest BCUT2D eigenvalue weighted by Crippen LogP contribution is -2.10. The number of nitrogens with two attached hydrogens (primary N) is 1. The summed E-state index contributed by atoms with van der Waals surface area (Å²) in [5.41, 5.74) is 3.13. The molecule has 4 N–H and O–H groups in total. The fourth-order valence-corrected chi connectivity index (χ4v) is 2.14. The molecule has 0 atom stereocenters. The van der Waals surface area contributed by atoms with Crippen LogP contribution >= 0.6 is 15.9 Å². The lowest BCUT2D eigenvalue weighted by Gasteiger charge is -2.11. The van der Waals surface area contributed by atoms with E-state index in [-0.39, 0.29) is 17.3 Å². The van der Waals surface area contributed by atoms with E-state index in [9.17, 15) is 14.5 Å². The second-order valence-corrected chi connectivity index (χ2v) is 5.03. The number of benzene rings is 1. The van der Waals surface area contributed by atoms with Crippen LogP contribution in [0.15, 0.2) is 28.7 Å². The van der Waals surface area contributed by atoms with Gasteiger partial charge in [-0.25, -0.2) is 15.2 Å². The van der Waals surface area contributed by atoms with Gasteiger partial charge in [-0.3, -0.25) is 10.1 Å². The zero-order valence-corrected chi connectivity index (χ0v) is 12.4. The van der Waals surface area contributed by atoms with Gasteiger partial charge >= 0.3 is 5.69 Å². The molecular formula is C12H11BrFN5O2. The first-order valence-corrected chi connectivity index (χ1v) is 6.56. The first kappa shape index (κ1) is 15.1. The molecule has 110 valence electrons. The first-order chi connectivity index (χ1) is 9.92. The number of aryl methyl sites for hydroxylation is 1. The Bertz CT molecular complexity index is 710.